The van der Waals surface area contributed by atoms with E-state index in [9.17, 15) is 14.4 Å². The van der Waals surface area contributed by atoms with Crippen molar-refractivity contribution in [2.75, 3.05) is 13.2 Å². The minimum atomic E-state index is -0.798. The van der Waals surface area contributed by atoms with Crippen molar-refractivity contribution < 1.29 is 28.6 Å². The summed E-state index contributed by atoms with van der Waals surface area (Å²) >= 11 is 0. The van der Waals surface area contributed by atoms with Crippen LogP contribution in [0.15, 0.2) is 60.8 Å². The molecule has 412 valence electrons. The van der Waals surface area contributed by atoms with Gasteiger partial charge in [0.05, 0.1) is 0 Å². The lowest BCUT2D eigenvalue weighted by Gasteiger charge is -2.18. The monoisotopic (exact) mass is 993 g/mol. The van der Waals surface area contributed by atoms with Crippen LogP contribution in [0.1, 0.15) is 316 Å². The number of rotatable bonds is 56. The van der Waals surface area contributed by atoms with E-state index in [0.717, 1.165) is 57.8 Å². The second kappa shape index (κ2) is 59.7. The third-order valence-electron chi connectivity index (χ3n) is 13.5. The van der Waals surface area contributed by atoms with E-state index in [4.69, 9.17) is 14.2 Å². The fraction of sp³-hybridized carbons (Fsp3) is 0.800. The molecule has 0 unspecified atom stereocenters. The molecule has 0 radical (unpaired) electrons. The molecule has 0 aliphatic carbocycles. The van der Waals surface area contributed by atoms with Crippen molar-refractivity contribution >= 4 is 17.9 Å². The minimum absolute atomic E-state index is 0.0914. The first-order chi connectivity index (χ1) is 35.0. The number of carbonyl (C=O) groups is 3. The summed E-state index contributed by atoms with van der Waals surface area (Å²) in [6.07, 6.45) is 75.1. The van der Waals surface area contributed by atoms with Crippen LogP contribution in [-0.4, -0.2) is 37.2 Å². The Morgan fingerprint density at radius 2 is 0.521 bits per heavy atom. The third-order valence-corrected chi connectivity index (χ3v) is 13.5. The Balaban J connectivity index is 4.43. The second-order valence-corrected chi connectivity index (χ2v) is 20.6. The lowest BCUT2D eigenvalue weighted by atomic mass is 10.1. The van der Waals surface area contributed by atoms with E-state index >= 15 is 0 Å². The molecule has 0 bridgehead atoms. The number of ether oxygens (including phenoxy) is 3. The Kier molecular flexibility index (Phi) is 57.2. The SMILES string of the molecule is CCCCCCCC/C=C\C/C=C\C/C=C\CCCC(=O)OC[C@H](COC(=O)CCCCCCCCC/C=C\CCCCCCCC)OC(=O)CCCCCCCCCCC/C=C\CCCCCCCC. The molecule has 0 saturated carbocycles. The maximum atomic E-state index is 12.9. The highest BCUT2D eigenvalue weighted by atomic mass is 16.6. The Hall–Kier alpha value is -2.89. The molecule has 6 heteroatoms. The van der Waals surface area contributed by atoms with Gasteiger partial charge >= 0.3 is 17.9 Å². The Morgan fingerprint density at radius 1 is 0.282 bits per heavy atom. The largest absolute Gasteiger partial charge is 0.462 e. The van der Waals surface area contributed by atoms with Crippen LogP contribution in [0.5, 0.6) is 0 Å². The van der Waals surface area contributed by atoms with Crippen molar-refractivity contribution in [2.45, 2.75) is 322 Å². The van der Waals surface area contributed by atoms with Crippen LogP contribution in [0.25, 0.3) is 0 Å². The molecule has 0 aliphatic rings. The van der Waals surface area contributed by atoms with Crippen LogP contribution in [-0.2, 0) is 28.6 Å². The van der Waals surface area contributed by atoms with Crippen LogP contribution < -0.4 is 0 Å². The Morgan fingerprint density at radius 3 is 0.859 bits per heavy atom. The fourth-order valence-corrected chi connectivity index (χ4v) is 8.80. The summed E-state index contributed by atoms with van der Waals surface area (Å²) in [7, 11) is 0. The van der Waals surface area contributed by atoms with Gasteiger partial charge in [0.1, 0.15) is 13.2 Å². The van der Waals surface area contributed by atoms with Gasteiger partial charge in [-0.15, -0.1) is 0 Å². The van der Waals surface area contributed by atoms with E-state index in [2.05, 4.69) is 81.5 Å². The summed E-state index contributed by atoms with van der Waals surface area (Å²) in [5.74, 6) is -0.938. The van der Waals surface area contributed by atoms with Crippen molar-refractivity contribution in [1.29, 1.82) is 0 Å². The number of esters is 3. The van der Waals surface area contributed by atoms with Gasteiger partial charge in [0.25, 0.3) is 0 Å². The van der Waals surface area contributed by atoms with Gasteiger partial charge in [0.2, 0.25) is 0 Å². The zero-order chi connectivity index (χ0) is 51.4. The molecule has 0 fully saturated rings. The molecule has 0 aliphatic heterocycles. The predicted molar refractivity (Wildman–Crippen MR) is 307 cm³/mol. The first kappa shape index (κ1) is 68.1. The number of unbranched alkanes of at least 4 members (excludes halogenated alkanes) is 35. The molecule has 0 rings (SSSR count). The summed E-state index contributed by atoms with van der Waals surface area (Å²) in [5.41, 5.74) is 0. The Bertz CT molecular complexity index is 1280. The molecular formula is C65H116O6. The van der Waals surface area contributed by atoms with Gasteiger partial charge in [-0.1, -0.05) is 255 Å². The standard InChI is InChI=1S/C65H116O6/c1-4-7-10-13-16-19-22-25-28-31-32-35-38-41-44-47-50-53-56-59-65(68)71-62(60-69-63(66)57-54-51-48-45-42-39-36-33-29-26-23-20-17-14-11-8-5-2)61-70-64(67)58-55-52-49-46-43-40-37-34-30-27-24-21-18-15-12-9-6-3/h25-30,36,39,45,48,62H,4-24,31-35,37-38,40-44,46-47,49-61H2,1-3H3/b28-25-,29-26-,30-27-,39-36-,48-45-/t62-/m1/s1. The fourth-order valence-electron chi connectivity index (χ4n) is 8.80. The van der Waals surface area contributed by atoms with Crippen LogP contribution in [0, 0.1) is 0 Å². The van der Waals surface area contributed by atoms with Crippen LogP contribution in [0.3, 0.4) is 0 Å². The van der Waals surface area contributed by atoms with Gasteiger partial charge in [-0.25, -0.2) is 0 Å². The van der Waals surface area contributed by atoms with Crippen molar-refractivity contribution in [1.82, 2.24) is 0 Å². The predicted octanol–water partition coefficient (Wildman–Crippen LogP) is 20.8. The van der Waals surface area contributed by atoms with Crippen molar-refractivity contribution in [3.8, 4) is 0 Å². The van der Waals surface area contributed by atoms with Crippen molar-refractivity contribution in [3.63, 3.8) is 0 Å². The molecule has 1 atom stereocenters. The molecule has 0 heterocycles. The summed E-state index contributed by atoms with van der Waals surface area (Å²) in [4.78, 5) is 38.2. The van der Waals surface area contributed by atoms with E-state index in [-0.39, 0.29) is 37.5 Å². The van der Waals surface area contributed by atoms with Crippen LogP contribution in [0.2, 0.25) is 0 Å². The van der Waals surface area contributed by atoms with E-state index < -0.39 is 6.10 Å². The highest BCUT2D eigenvalue weighted by Crippen LogP contribution is 2.16. The summed E-state index contributed by atoms with van der Waals surface area (Å²) in [6, 6.07) is 0. The van der Waals surface area contributed by atoms with Crippen molar-refractivity contribution in [3.05, 3.63) is 60.8 Å². The highest BCUT2D eigenvalue weighted by Gasteiger charge is 2.19. The average Bonchev–Trinajstić information content (AvgIpc) is 3.37. The molecule has 0 aromatic carbocycles. The highest BCUT2D eigenvalue weighted by molar-refractivity contribution is 5.71. The van der Waals surface area contributed by atoms with Gasteiger partial charge in [-0.2, -0.15) is 0 Å². The quantitative estimate of drug-likeness (QED) is 0.0261. The smallest absolute Gasteiger partial charge is 0.306 e. The lowest BCUT2D eigenvalue weighted by Crippen LogP contribution is -2.30. The molecule has 71 heavy (non-hydrogen) atoms. The maximum Gasteiger partial charge on any atom is 0.306 e. The zero-order valence-electron chi connectivity index (χ0n) is 47.2. The molecule has 0 amide bonds. The number of hydrogen-bond acceptors (Lipinski definition) is 6. The van der Waals surface area contributed by atoms with E-state index in [1.807, 2.05) is 0 Å². The lowest BCUT2D eigenvalue weighted by molar-refractivity contribution is -0.167. The van der Waals surface area contributed by atoms with E-state index in [0.29, 0.717) is 19.3 Å². The van der Waals surface area contributed by atoms with Gasteiger partial charge in [0, 0.05) is 19.3 Å². The Labute approximate surface area is 440 Å². The molecule has 0 aromatic rings. The molecule has 0 saturated heterocycles. The molecule has 0 N–H and O–H groups in total. The third kappa shape index (κ3) is 57.9. The maximum absolute atomic E-state index is 12.9. The molecule has 0 aromatic heterocycles. The molecule has 0 spiro atoms. The summed E-state index contributed by atoms with van der Waals surface area (Å²) in [5, 5.41) is 0. The molecular weight excluding hydrogens is 877 g/mol. The van der Waals surface area contributed by atoms with Gasteiger partial charge in [-0.3, -0.25) is 14.4 Å². The van der Waals surface area contributed by atoms with E-state index in [1.54, 1.807) is 0 Å². The van der Waals surface area contributed by atoms with Gasteiger partial charge in [0.15, 0.2) is 6.10 Å². The van der Waals surface area contributed by atoms with Gasteiger partial charge < -0.3 is 14.2 Å². The number of hydrogen-bond donors (Lipinski definition) is 0. The topological polar surface area (TPSA) is 78.9 Å². The summed E-state index contributed by atoms with van der Waals surface area (Å²) < 4.78 is 16.9. The van der Waals surface area contributed by atoms with Crippen molar-refractivity contribution in [2.24, 2.45) is 0 Å². The van der Waals surface area contributed by atoms with Gasteiger partial charge in [-0.05, 0) is 103 Å². The van der Waals surface area contributed by atoms with Crippen LogP contribution >= 0.6 is 0 Å². The van der Waals surface area contributed by atoms with Crippen LogP contribution in [0.4, 0.5) is 0 Å². The zero-order valence-corrected chi connectivity index (χ0v) is 47.2. The second-order valence-electron chi connectivity index (χ2n) is 20.6. The normalized spacial score (nSPS) is 12.4. The first-order valence-electron chi connectivity index (χ1n) is 30.8. The average molecular weight is 994 g/mol. The first-order valence-corrected chi connectivity index (χ1v) is 30.8. The number of carbonyl (C=O) groups excluding carboxylic acids is 3. The molecule has 6 nitrogen and oxygen atoms in total. The summed E-state index contributed by atoms with van der Waals surface area (Å²) in [6.45, 7) is 6.61. The number of allylic oxidation sites excluding steroid dienone is 10. The van der Waals surface area contributed by atoms with E-state index in [1.165, 1.54) is 212 Å². The minimum Gasteiger partial charge on any atom is -0.462 e.